The summed E-state index contributed by atoms with van der Waals surface area (Å²) < 4.78 is 20.3. The molecule has 4 atom stereocenters. The molecule has 0 aliphatic carbocycles. The van der Waals surface area contributed by atoms with Gasteiger partial charge < -0.3 is 29.6 Å². The van der Waals surface area contributed by atoms with Gasteiger partial charge in [0.05, 0.1) is 25.4 Å². The van der Waals surface area contributed by atoms with Crippen molar-refractivity contribution in [3.05, 3.63) is 0 Å². The number of rotatable bonds is 8. The first-order valence-electron chi connectivity index (χ1n) is 6.78. The van der Waals surface area contributed by atoms with Gasteiger partial charge >= 0.3 is 11.9 Å². The molecule has 112 valence electrons. The molecule has 3 fully saturated rings. The lowest BCUT2D eigenvalue weighted by Crippen LogP contribution is -2.51. The van der Waals surface area contributed by atoms with Crippen molar-refractivity contribution >= 4 is 11.9 Å². The first kappa shape index (κ1) is 13.7. The number of carbonyl (C=O) groups excluding carboxylic acids is 2. The summed E-state index contributed by atoms with van der Waals surface area (Å²) in [5.74, 6) is -1.02. The van der Waals surface area contributed by atoms with Crippen LogP contribution in [-0.2, 0) is 28.5 Å². The number of ether oxygens (including phenoxy) is 4. The lowest BCUT2D eigenvalue weighted by molar-refractivity contribution is -0.194. The number of nitrogens with one attached hydrogen (secondary N) is 2. The number of esters is 2. The van der Waals surface area contributed by atoms with Crippen LogP contribution in [0, 0.1) is 0 Å². The SMILES string of the molecule is O=C1OC(CNCC2CO2)C(=O)OC1CNCC1CO1. The Morgan fingerprint density at radius 1 is 0.800 bits per heavy atom. The fourth-order valence-electron chi connectivity index (χ4n) is 1.90. The third-order valence-electron chi connectivity index (χ3n) is 3.25. The summed E-state index contributed by atoms with van der Waals surface area (Å²) in [6, 6.07) is 0. The van der Waals surface area contributed by atoms with Crippen LogP contribution in [0.25, 0.3) is 0 Å². The quantitative estimate of drug-likeness (QED) is 0.383. The van der Waals surface area contributed by atoms with Crippen LogP contribution in [0.3, 0.4) is 0 Å². The van der Waals surface area contributed by atoms with Crippen molar-refractivity contribution in [1.82, 2.24) is 10.6 Å². The molecule has 0 radical (unpaired) electrons. The number of carbonyl (C=O) groups is 2. The maximum atomic E-state index is 11.7. The van der Waals surface area contributed by atoms with E-state index in [4.69, 9.17) is 18.9 Å². The zero-order valence-electron chi connectivity index (χ0n) is 11.0. The van der Waals surface area contributed by atoms with Crippen molar-refractivity contribution in [2.45, 2.75) is 24.4 Å². The standard InChI is InChI=1S/C12H18N2O6/c15-11-9(3-13-1-7-5-17-7)19-12(16)10(20-11)4-14-2-8-6-18-8/h7-10,13-14H,1-6H2. The normalized spacial score (nSPS) is 35.4. The highest BCUT2D eigenvalue weighted by molar-refractivity contribution is 5.87. The minimum Gasteiger partial charge on any atom is -0.446 e. The van der Waals surface area contributed by atoms with Crippen molar-refractivity contribution in [3.63, 3.8) is 0 Å². The van der Waals surface area contributed by atoms with Crippen LogP contribution in [0.2, 0.25) is 0 Å². The second-order valence-corrected chi connectivity index (χ2v) is 5.08. The molecule has 0 aromatic rings. The second kappa shape index (κ2) is 6.04. The summed E-state index contributed by atoms with van der Waals surface area (Å²) in [5, 5.41) is 6.03. The number of epoxide rings is 2. The third-order valence-corrected chi connectivity index (χ3v) is 3.25. The summed E-state index contributed by atoms with van der Waals surface area (Å²) in [5.41, 5.74) is 0. The van der Waals surface area contributed by atoms with E-state index in [0.717, 1.165) is 13.2 Å². The van der Waals surface area contributed by atoms with E-state index in [9.17, 15) is 9.59 Å². The Morgan fingerprint density at radius 3 is 1.55 bits per heavy atom. The van der Waals surface area contributed by atoms with E-state index >= 15 is 0 Å². The molecule has 4 unspecified atom stereocenters. The minimum atomic E-state index is -0.871. The van der Waals surface area contributed by atoms with E-state index in [1.165, 1.54) is 0 Å². The highest BCUT2D eigenvalue weighted by atomic mass is 16.6. The highest BCUT2D eigenvalue weighted by Crippen LogP contribution is 2.12. The van der Waals surface area contributed by atoms with Gasteiger partial charge in [0, 0.05) is 26.2 Å². The van der Waals surface area contributed by atoms with Gasteiger partial charge in [-0.15, -0.1) is 0 Å². The number of cyclic esters (lactones) is 2. The lowest BCUT2D eigenvalue weighted by Gasteiger charge is -2.27. The molecule has 0 bridgehead atoms. The molecule has 3 aliphatic rings. The second-order valence-electron chi connectivity index (χ2n) is 5.08. The van der Waals surface area contributed by atoms with Crippen molar-refractivity contribution in [2.24, 2.45) is 0 Å². The predicted octanol–water partition coefficient (Wildman–Crippen LogP) is -2.20. The zero-order valence-corrected chi connectivity index (χ0v) is 11.0. The third kappa shape index (κ3) is 3.89. The Labute approximate surface area is 116 Å². The van der Waals surface area contributed by atoms with Gasteiger partial charge in [0.15, 0.2) is 0 Å². The van der Waals surface area contributed by atoms with Gasteiger partial charge in [-0.1, -0.05) is 0 Å². The molecule has 0 aromatic heterocycles. The van der Waals surface area contributed by atoms with Gasteiger partial charge in [0.2, 0.25) is 12.2 Å². The van der Waals surface area contributed by atoms with Crippen LogP contribution in [0.15, 0.2) is 0 Å². The smallest absolute Gasteiger partial charge is 0.349 e. The average molecular weight is 286 g/mol. The molecular weight excluding hydrogens is 268 g/mol. The lowest BCUT2D eigenvalue weighted by atomic mass is 10.2. The monoisotopic (exact) mass is 286 g/mol. The van der Waals surface area contributed by atoms with Gasteiger partial charge in [-0.25, -0.2) is 9.59 Å². The topological polar surface area (TPSA) is 102 Å². The molecule has 3 saturated heterocycles. The van der Waals surface area contributed by atoms with Gasteiger partial charge in [-0.3, -0.25) is 0 Å². The van der Waals surface area contributed by atoms with Crippen LogP contribution in [0.1, 0.15) is 0 Å². The van der Waals surface area contributed by atoms with E-state index in [-0.39, 0.29) is 25.3 Å². The Balaban J connectivity index is 1.37. The number of hydrogen-bond acceptors (Lipinski definition) is 8. The first-order chi connectivity index (χ1) is 9.72. The molecule has 20 heavy (non-hydrogen) atoms. The first-order valence-corrected chi connectivity index (χ1v) is 6.78. The summed E-state index contributed by atoms with van der Waals surface area (Å²) in [6.07, 6.45) is -1.31. The maximum Gasteiger partial charge on any atom is 0.349 e. The summed E-state index contributed by atoms with van der Waals surface area (Å²) in [7, 11) is 0. The predicted molar refractivity (Wildman–Crippen MR) is 65.0 cm³/mol. The molecular formula is C12H18N2O6. The molecule has 0 aromatic carbocycles. The molecule has 3 heterocycles. The number of hydrogen-bond donors (Lipinski definition) is 2. The maximum absolute atomic E-state index is 11.7. The van der Waals surface area contributed by atoms with E-state index in [1.807, 2.05) is 0 Å². The van der Waals surface area contributed by atoms with Crippen LogP contribution >= 0.6 is 0 Å². The summed E-state index contributed by atoms with van der Waals surface area (Å²) in [4.78, 5) is 23.5. The summed E-state index contributed by atoms with van der Waals surface area (Å²) in [6.45, 7) is 3.27. The van der Waals surface area contributed by atoms with E-state index < -0.39 is 24.1 Å². The van der Waals surface area contributed by atoms with Crippen molar-refractivity contribution < 1.29 is 28.5 Å². The van der Waals surface area contributed by atoms with Crippen LogP contribution in [0.5, 0.6) is 0 Å². The van der Waals surface area contributed by atoms with E-state index in [1.54, 1.807) is 0 Å². The van der Waals surface area contributed by atoms with Gasteiger partial charge in [0.25, 0.3) is 0 Å². The zero-order chi connectivity index (χ0) is 13.9. The summed E-state index contributed by atoms with van der Waals surface area (Å²) >= 11 is 0. The Hall–Kier alpha value is -1.22. The molecule has 0 spiro atoms. The fraction of sp³-hybridized carbons (Fsp3) is 0.833. The van der Waals surface area contributed by atoms with Crippen molar-refractivity contribution in [2.75, 3.05) is 39.4 Å². The van der Waals surface area contributed by atoms with Gasteiger partial charge in [-0.2, -0.15) is 0 Å². The largest absolute Gasteiger partial charge is 0.446 e. The molecule has 0 saturated carbocycles. The van der Waals surface area contributed by atoms with Gasteiger partial charge in [-0.05, 0) is 0 Å². The Morgan fingerprint density at radius 2 is 1.20 bits per heavy atom. The molecule has 0 amide bonds. The van der Waals surface area contributed by atoms with E-state index in [2.05, 4.69) is 10.6 Å². The van der Waals surface area contributed by atoms with Crippen molar-refractivity contribution in [3.8, 4) is 0 Å². The molecule has 3 rings (SSSR count). The fourth-order valence-corrected chi connectivity index (χ4v) is 1.90. The van der Waals surface area contributed by atoms with Crippen molar-refractivity contribution in [1.29, 1.82) is 0 Å². The Bertz CT molecular complexity index is 346. The van der Waals surface area contributed by atoms with Crippen LogP contribution in [-0.4, -0.2) is 75.7 Å². The molecule has 3 aliphatic heterocycles. The minimum absolute atomic E-state index is 0.215. The molecule has 2 N–H and O–H groups in total. The molecule has 8 nitrogen and oxygen atoms in total. The molecule has 8 heteroatoms. The average Bonchev–Trinajstić information content (AvgIpc) is 3.28. The van der Waals surface area contributed by atoms with Crippen LogP contribution in [0.4, 0.5) is 0 Å². The van der Waals surface area contributed by atoms with E-state index in [0.29, 0.717) is 13.1 Å². The highest BCUT2D eigenvalue weighted by Gasteiger charge is 2.38. The van der Waals surface area contributed by atoms with Crippen LogP contribution < -0.4 is 10.6 Å². The van der Waals surface area contributed by atoms with Gasteiger partial charge in [0.1, 0.15) is 0 Å². The Kier molecular flexibility index (Phi) is 4.16.